The standard InChI is InChI=1S/C12H21N3O3S/c1-3-4-10(8-18-2)15-9-5-6-12(11(13)7-9)19(14,16)17/h5-7,10,15H,3-4,8,13H2,1-2H3,(H2,14,16,17). The Balaban J connectivity index is 2.88. The van der Waals surface area contributed by atoms with Gasteiger partial charge in [-0.1, -0.05) is 13.3 Å². The number of nitrogens with two attached hydrogens (primary N) is 2. The molecule has 19 heavy (non-hydrogen) atoms. The Morgan fingerprint density at radius 2 is 2.11 bits per heavy atom. The van der Waals surface area contributed by atoms with Crippen LogP contribution >= 0.6 is 0 Å². The van der Waals surface area contributed by atoms with Crippen molar-refractivity contribution in [2.45, 2.75) is 30.7 Å². The molecule has 6 nitrogen and oxygen atoms in total. The molecule has 0 saturated heterocycles. The molecule has 0 amide bonds. The monoisotopic (exact) mass is 287 g/mol. The molecule has 0 spiro atoms. The van der Waals surface area contributed by atoms with Gasteiger partial charge in [0.2, 0.25) is 10.0 Å². The summed E-state index contributed by atoms with van der Waals surface area (Å²) in [7, 11) is -2.13. The molecule has 0 saturated carbocycles. The molecule has 1 rings (SSSR count). The number of methoxy groups -OCH3 is 1. The van der Waals surface area contributed by atoms with Crippen molar-refractivity contribution in [2.24, 2.45) is 5.14 Å². The van der Waals surface area contributed by atoms with Gasteiger partial charge in [-0.2, -0.15) is 0 Å². The normalized spacial score (nSPS) is 13.2. The molecule has 0 aliphatic carbocycles. The second kappa shape index (κ2) is 6.74. The molecule has 5 N–H and O–H groups in total. The van der Waals surface area contributed by atoms with Crippen molar-refractivity contribution in [3.05, 3.63) is 18.2 Å². The maximum Gasteiger partial charge on any atom is 0.240 e. The highest BCUT2D eigenvalue weighted by Gasteiger charge is 2.13. The topological polar surface area (TPSA) is 107 Å². The van der Waals surface area contributed by atoms with Crippen LogP contribution in [0.2, 0.25) is 0 Å². The summed E-state index contributed by atoms with van der Waals surface area (Å²) >= 11 is 0. The van der Waals surface area contributed by atoms with Crippen LogP contribution < -0.4 is 16.2 Å². The van der Waals surface area contributed by atoms with E-state index in [0.29, 0.717) is 6.61 Å². The van der Waals surface area contributed by atoms with Gasteiger partial charge in [0.1, 0.15) is 4.90 Å². The summed E-state index contributed by atoms with van der Waals surface area (Å²) in [5, 5.41) is 8.32. The molecule has 0 bridgehead atoms. The smallest absolute Gasteiger partial charge is 0.240 e. The summed E-state index contributed by atoms with van der Waals surface area (Å²) in [6.45, 7) is 2.66. The highest BCUT2D eigenvalue weighted by atomic mass is 32.2. The van der Waals surface area contributed by atoms with Gasteiger partial charge in [-0.3, -0.25) is 0 Å². The minimum atomic E-state index is -3.78. The molecule has 7 heteroatoms. The predicted molar refractivity (Wildman–Crippen MR) is 76.4 cm³/mol. The number of ether oxygens (including phenoxy) is 1. The van der Waals surface area contributed by atoms with Crippen molar-refractivity contribution in [3.8, 4) is 0 Å². The molecule has 0 fully saturated rings. The van der Waals surface area contributed by atoms with Gasteiger partial charge in [-0.25, -0.2) is 13.6 Å². The van der Waals surface area contributed by atoms with Gasteiger partial charge in [0.15, 0.2) is 0 Å². The quantitative estimate of drug-likeness (QED) is 0.652. The van der Waals surface area contributed by atoms with E-state index in [1.807, 2.05) is 0 Å². The maximum atomic E-state index is 11.2. The summed E-state index contributed by atoms with van der Waals surface area (Å²) < 4.78 is 27.6. The van der Waals surface area contributed by atoms with Crippen molar-refractivity contribution in [1.82, 2.24) is 0 Å². The Morgan fingerprint density at radius 3 is 2.58 bits per heavy atom. The second-order valence-electron chi connectivity index (χ2n) is 4.38. The van der Waals surface area contributed by atoms with E-state index in [4.69, 9.17) is 15.6 Å². The van der Waals surface area contributed by atoms with E-state index in [-0.39, 0.29) is 16.6 Å². The molecule has 1 unspecified atom stereocenters. The van der Waals surface area contributed by atoms with Crippen LogP contribution in [0.5, 0.6) is 0 Å². The number of sulfonamides is 1. The molecule has 0 heterocycles. The van der Waals surface area contributed by atoms with Crippen molar-refractivity contribution >= 4 is 21.4 Å². The molecule has 0 aromatic heterocycles. The Hall–Kier alpha value is -1.31. The molecule has 0 aliphatic rings. The Labute approximate surface area is 114 Å². The predicted octanol–water partition coefficient (Wildman–Crippen LogP) is 1.14. The average molecular weight is 287 g/mol. The lowest BCUT2D eigenvalue weighted by Gasteiger charge is -2.19. The first-order chi connectivity index (χ1) is 8.88. The van der Waals surface area contributed by atoms with Crippen LogP contribution in [0, 0.1) is 0 Å². The number of nitrogens with one attached hydrogen (secondary N) is 1. The lowest BCUT2D eigenvalue weighted by molar-refractivity contribution is 0.182. The molecular formula is C12H21N3O3S. The van der Waals surface area contributed by atoms with E-state index in [0.717, 1.165) is 18.5 Å². The average Bonchev–Trinajstić information content (AvgIpc) is 2.28. The zero-order valence-electron chi connectivity index (χ0n) is 11.2. The number of primary sulfonamides is 1. The van der Waals surface area contributed by atoms with E-state index in [2.05, 4.69) is 12.2 Å². The molecule has 0 radical (unpaired) electrons. The lowest BCUT2D eigenvalue weighted by Crippen LogP contribution is -2.24. The number of nitrogen functional groups attached to an aromatic ring is 1. The number of hydrogen-bond acceptors (Lipinski definition) is 5. The van der Waals surface area contributed by atoms with Crippen LogP contribution in [0.3, 0.4) is 0 Å². The van der Waals surface area contributed by atoms with Crippen molar-refractivity contribution in [1.29, 1.82) is 0 Å². The number of benzene rings is 1. The van der Waals surface area contributed by atoms with Crippen LogP contribution in [-0.4, -0.2) is 28.2 Å². The molecule has 1 atom stereocenters. The highest BCUT2D eigenvalue weighted by molar-refractivity contribution is 7.89. The fourth-order valence-electron chi connectivity index (χ4n) is 1.88. The van der Waals surface area contributed by atoms with E-state index in [9.17, 15) is 8.42 Å². The molecule has 1 aromatic rings. The fraction of sp³-hybridized carbons (Fsp3) is 0.500. The second-order valence-corrected chi connectivity index (χ2v) is 5.91. The largest absolute Gasteiger partial charge is 0.398 e. The van der Waals surface area contributed by atoms with E-state index >= 15 is 0 Å². The van der Waals surface area contributed by atoms with Gasteiger partial charge in [0.25, 0.3) is 0 Å². The van der Waals surface area contributed by atoms with Gasteiger partial charge in [-0.05, 0) is 24.6 Å². The third kappa shape index (κ3) is 4.70. The summed E-state index contributed by atoms with van der Waals surface area (Å²) in [5.41, 5.74) is 6.59. The van der Waals surface area contributed by atoms with Crippen molar-refractivity contribution in [2.75, 3.05) is 24.8 Å². The summed E-state index contributed by atoms with van der Waals surface area (Å²) in [6.07, 6.45) is 1.97. The van der Waals surface area contributed by atoms with Crippen LogP contribution in [0.4, 0.5) is 11.4 Å². The number of hydrogen-bond donors (Lipinski definition) is 3. The number of anilines is 2. The summed E-state index contributed by atoms with van der Waals surface area (Å²) in [6, 6.07) is 4.78. The Kier molecular flexibility index (Phi) is 5.59. The maximum absolute atomic E-state index is 11.2. The van der Waals surface area contributed by atoms with Crippen LogP contribution in [0.25, 0.3) is 0 Å². The molecule has 108 valence electrons. The first-order valence-corrected chi connectivity index (χ1v) is 7.61. The van der Waals surface area contributed by atoms with Gasteiger partial charge >= 0.3 is 0 Å². The van der Waals surface area contributed by atoms with Gasteiger partial charge < -0.3 is 15.8 Å². The zero-order chi connectivity index (χ0) is 14.5. The number of rotatable bonds is 7. The molecular weight excluding hydrogens is 266 g/mol. The fourth-order valence-corrected chi connectivity index (χ4v) is 2.53. The lowest BCUT2D eigenvalue weighted by atomic mass is 10.1. The molecule has 1 aromatic carbocycles. The van der Waals surface area contributed by atoms with E-state index < -0.39 is 10.0 Å². The summed E-state index contributed by atoms with van der Waals surface area (Å²) in [5.74, 6) is 0. The van der Waals surface area contributed by atoms with Crippen LogP contribution in [0.15, 0.2) is 23.1 Å². The van der Waals surface area contributed by atoms with Crippen LogP contribution in [-0.2, 0) is 14.8 Å². The minimum absolute atomic E-state index is 0.0585. The summed E-state index contributed by atoms with van der Waals surface area (Å²) in [4.78, 5) is -0.0585. The van der Waals surface area contributed by atoms with Crippen molar-refractivity contribution < 1.29 is 13.2 Å². The van der Waals surface area contributed by atoms with E-state index in [1.54, 1.807) is 19.2 Å². The zero-order valence-corrected chi connectivity index (χ0v) is 12.0. The van der Waals surface area contributed by atoms with Gasteiger partial charge in [-0.15, -0.1) is 0 Å². The highest BCUT2D eigenvalue weighted by Crippen LogP contribution is 2.22. The molecule has 0 aliphatic heterocycles. The van der Waals surface area contributed by atoms with Crippen LogP contribution in [0.1, 0.15) is 19.8 Å². The van der Waals surface area contributed by atoms with Gasteiger partial charge in [0, 0.05) is 18.8 Å². The van der Waals surface area contributed by atoms with Crippen molar-refractivity contribution in [3.63, 3.8) is 0 Å². The van der Waals surface area contributed by atoms with E-state index in [1.165, 1.54) is 6.07 Å². The first kappa shape index (κ1) is 15.7. The first-order valence-electron chi connectivity index (χ1n) is 6.06. The Morgan fingerprint density at radius 1 is 1.42 bits per heavy atom. The van der Waals surface area contributed by atoms with Gasteiger partial charge in [0.05, 0.1) is 12.3 Å². The third-order valence-corrected chi connectivity index (χ3v) is 3.68. The third-order valence-electron chi connectivity index (χ3n) is 2.69. The minimum Gasteiger partial charge on any atom is -0.398 e. The SMILES string of the molecule is CCCC(COC)Nc1ccc(S(N)(=O)=O)c(N)c1. The Bertz CT molecular complexity index is 511.